The molecule has 18 heavy (non-hydrogen) atoms. The van der Waals surface area contributed by atoms with Crippen LogP contribution in [-0.2, 0) is 6.42 Å². The molecule has 0 radical (unpaired) electrons. The SMILES string of the molecule is CCC(C)n1ccc(CC(C)CCNC(C)C)n1. The molecule has 1 aromatic rings. The van der Waals surface area contributed by atoms with E-state index in [1.165, 1.54) is 12.1 Å². The fraction of sp³-hybridized carbons (Fsp3) is 0.800. The Morgan fingerprint density at radius 1 is 1.28 bits per heavy atom. The van der Waals surface area contributed by atoms with Crippen molar-refractivity contribution in [2.24, 2.45) is 5.92 Å². The van der Waals surface area contributed by atoms with E-state index in [4.69, 9.17) is 0 Å². The maximum atomic E-state index is 4.66. The van der Waals surface area contributed by atoms with Crippen molar-refractivity contribution in [1.29, 1.82) is 0 Å². The number of hydrogen-bond donors (Lipinski definition) is 1. The van der Waals surface area contributed by atoms with Gasteiger partial charge in [0.1, 0.15) is 0 Å². The van der Waals surface area contributed by atoms with Crippen molar-refractivity contribution in [2.75, 3.05) is 6.54 Å². The van der Waals surface area contributed by atoms with Crippen LogP contribution in [0.15, 0.2) is 12.3 Å². The first-order chi connectivity index (χ1) is 8.52. The molecule has 3 heteroatoms. The second kappa shape index (κ2) is 7.57. The molecule has 1 rings (SSSR count). The molecule has 1 N–H and O–H groups in total. The molecule has 0 aliphatic heterocycles. The van der Waals surface area contributed by atoms with Crippen LogP contribution in [0.5, 0.6) is 0 Å². The molecule has 0 saturated carbocycles. The van der Waals surface area contributed by atoms with E-state index < -0.39 is 0 Å². The smallest absolute Gasteiger partial charge is 0.0627 e. The highest BCUT2D eigenvalue weighted by Crippen LogP contribution is 2.13. The maximum Gasteiger partial charge on any atom is 0.0627 e. The Kier molecular flexibility index (Phi) is 6.41. The molecule has 2 unspecified atom stereocenters. The van der Waals surface area contributed by atoms with Gasteiger partial charge in [-0.25, -0.2) is 0 Å². The van der Waals surface area contributed by atoms with E-state index in [9.17, 15) is 0 Å². The highest BCUT2D eigenvalue weighted by atomic mass is 15.3. The lowest BCUT2D eigenvalue weighted by Gasteiger charge is -2.13. The van der Waals surface area contributed by atoms with Crippen molar-refractivity contribution in [3.63, 3.8) is 0 Å². The standard InChI is InChI=1S/C15H29N3/c1-6-14(5)18-10-8-15(17-18)11-13(4)7-9-16-12(2)3/h8,10,12-14,16H,6-7,9,11H2,1-5H3. The summed E-state index contributed by atoms with van der Waals surface area (Å²) in [5.41, 5.74) is 1.23. The molecule has 1 aromatic heterocycles. The lowest BCUT2D eigenvalue weighted by molar-refractivity contribution is 0.452. The maximum absolute atomic E-state index is 4.66. The summed E-state index contributed by atoms with van der Waals surface area (Å²) < 4.78 is 2.09. The third-order valence-electron chi connectivity index (χ3n) is 3.45. The van der Waals surface area contributed by atoms with Gasteiger partial charge < -0.3 is 5.32 Å². The molecule has 0 aliphatic rings. The molecular formula is C15H29N3. The summed E-state index contributed by atoms with van der Waals surface area (Å²) >= 11 is 0. The van der Waals surface area contributed by atoms with Crippen molar-refractivity contribution >= 4 is 0 Å². The van der Waals surface area contributed by atoms with Gasteiger partial charge in [-0.15, -0.1) is 0 Å². The van der Waals surface area contributed by atoms with Gasteiger partial charge in [0.25, 0.3) is 0 Å². The third-order valence-corrected chi connectivity index (χ3v) is 3.45. The van der Waals surface area contributed by atoms with E-state index in [0.29, 0.717) is 18.0 Å². The molecule has 0 saturated heterocycles. The van der Waals surface area contributed by atoms with E-state index in [2.05, 4.69) is 62.0 Å². The first-order valence-corrected chi connectivity index (χ1v) is 7.30. The van der Waals surface area contributed by atoms with Crippen molar-refractivity contribution in [3.8, 4) is 0 Å². The molecule has 0 aliphatic carbocycles. The fourth-order valence-electron chi connectivity index (χ4n) is 2.00. The third kappa shape index (κ3) is 5.21. The van der Waals surface area contributed by atoms with Crippen molar-refractivity contribution < 1.29 is 0 Å². The predicted octanol–water partition coefficient (Wildman–Crippen LogP) is 3.42. The minimum atomic E-state index is 0.511. The summed E-state index contributed by atoms with van der Waals surface area (Å²) in [5.74, 6) is 0.691. The average molecular weight is 251 g/mol. The van der Waals surface area contributed by atoms with E-state index in [1.807, 2.05) is 0 Å². The zero-order valence-corrected chi connectivity index (χ0v) is 12.6. The lowest BCUT2D eigenvalue weighted by Crippen LogP contribution is -2.25. The van der Waals surface area contributed by atoms with Gasteiger partial charge in [-0.2, -0.15) is 5.10 Å². The molecule has 0 amide bonds. The number of hydrogen-bond acceptors (Lipinski definition) is 2. The van der Waals surface area contributed by atoms with Crippen LogP contribution in [0.1, 0.15) is 59.2 Å². The number of nitrogens with zero attached hydrogens (tertiary/aromatic N) is 2. The molecule has 1 heterocycles. The molecule has 104 valence electrons. The summed E-state index contributed by atoms with van der Waals surface area (Å²) in [4.78, 5) is 0. The first kappa shape index (κ1) is 15.2. The summed E-state index contributed by atoms with van der Waals surface area (Å²) in [6.07, 6.45) is 5.55. The molecule has 0 bridgehead atoms. The highest BCUT2D eigenvalue weighted by Gasteiger charge is 2.08. The summed E-state index contributed by atoms with van der Waals surface area (Å²) in [6.45, 7) is 12.2. The summed E-state index contributed by atoms with van der Waals surface area (Å²) in [6, 6.07) is 3.26. The zero-order chi connectivity index (χ0) is 13.5. The van der Waals surface area contributed by atoms with Gasteiger partial charge in [0, 0.05) is 18.3 Å². The molecule has 2 atom stereocenters. The van der Waals surface area contributed by atoms with Crippen LogP contribution < -0.4 is 5.32 Å². The zero-order valence-electron chi connectivity index (χ0n) is 12.6. The van der Waals surface area contributed by atoms with Crippen LogP contribution in [-0.4, -0.2) is 22.4 Å². The quantitative estimate of drug-likeness (QED) is 0.767. The van der Waals surface area contributed by atoms with Gasteiger partial charge in [0.15, 0.2) is 0 Å². The topological polar surface area (TPSA) is 29.9 Å². The van der Waals surface area contributed by atoms with Gasteiger partial charge in [-0.3, -0.25) is 4.68 Å². The van der Waals surface area contributed by atoms with Crippen LogP contribution in [0.2, 0.25) is 0 Å². The van der Waals surface area contributed by atoms with Crippen LogP contribution in [0.25, 0.3) is 0 Å². The van der Waals surface area contributed by atoms with Gasteiger partial charge in [-0.05, 0) is 44.7 Å². The van der Waals surface area contributed by atoms with Gasteiger partial charge in [0.05, 0.1) is 5.69 Å². The number of nitrogens with one attached hydrogen (secondary N) is 1. The van der Waals surface area contributed by atoms with Crippen molar-refractivity contribution in [1.82, 2.24) is 15.1 Å². The first-order valence-electron chi connectivity index (χ1n) is 7.30. The minimum absolute atomic E-state index is 0.511. The van der Waals surface area contributed by atoms with E-state index >= 15 is 0 Å². The largest absolute Gasteiger partial charge is 0.315 e. The highest BCUT2D eigenvalue weighted by molar-refractivity contribution is 5.00. The molecule has 0 spiro atoms. The summed E-state index contributed by atoms with van der Waals surface area (Å²) in [7, 11) is 0. The lowest BCUT2D eigenvalue weighted by atomic mass is 10.0. The van der Waals surface area contributed by atoms with Crippen LogP contribution in [0.4, 0.5) is 0 Å². The normalized spacial score (nSPS) is 15.0. The Labute approximate surface area is 112 Å². The Morgan fingerprint density at radius 3 is 2.61 bits per heavy atom. The molecule has 3 nitrogen and oxygen atoms in total. The predicted molar refractivity (Wildman–Crippen MR) is 77.9 cm³/mol. The van der Waals surface area contributed by atoms with Crippen LogP contribution >= 0.6 is 0 Å². The second-order valence-electron chi connectivity index (χ2n) is 5.75. The second-order valence-corrected chi connectivity index (χ2v) is 5.75. The molecular weight excluding hydrogens is 222 g/mol. The number of rotatable bonds is 8. The number of aromatic nitrogens is 2. The Morgan fingerprint density at radius 2 is 2.00 bits per heavy atom. The minimum Gasteiger partial charge on any atom is -0.315 e. The Hall–Kier alpha value is -0.830. The van der Waals surface area contributed by atoms with Crippen LogP contribution in [0.3, 0.4) is 0 Å². The average Bonchev–Trinajstić information content (AvgIpc) is 2.76. The fourth-order valence-corrected chi connectivity index (χ4v) is 2.00. The molecule has 0 fully saturated rings. The monoisotopic (exact) mass is 251 g/mol. The summed E-state index contributed by atoms with van der Waals surface area (Å²) in [5, 5.41) is 8.13. The molecule has 0 aromatic carbocycles. The van der Waals surface area contributed by atoms with Crippen molar-refractivity contribution in [3.05, 3.63) is 18.0 Å². The van der Waals surface area contributed by atoms with E-state index in [1.54, 1.807) is 0 Å². The van der Waals surface area contributed by atoms with Gasteiger partial charge in [-0.1, -0.05) is 27.7 Å². The van der Waals surface area contributed by atoms with E-state index in [0.717, 1.165) is 19.4 Å². The van der Waals surface area contributed by atoms with E-state index in [-0.39, 0.29) is 0 Å². The van der Waals surface area contributed by atoms with Gasteiger partial charge >= 0.3 is 0 Å². The Balaban J connectivity index is 2.35. The van der Waals surface area contributed by atoms with Crippen molar-refractivity contribution in [2.45, 2.75) is 66.0 Å². The van der Waals surface area contributed by atoms with Gasteiger partial charge in [0.2, 0.25) is 0 Å². The van der Waals surface area contributed by atoms with Crippen LogP contribution in [0, 0.1) is 5.92 Å². The Bertz CT molecular complexity index is 330.